The molecule has 95 heavy (non-hydrogen) atoms. The summed E-state index contributed by atoms with van der Waals surface area (Å²) >= 11 is 0. The van der Waals surface area contributed by atoms with E-state index in [0.717, 1.165) is 5.57 Å². The van der Waals surface area contributed by atoms with Gasteiger partial charge in [-0.3, -0.25) is 0 Å². The predicted octanol–water partition coefficient (Wildman–Crippen LogP) is -3.16. The van der Waals surface area contributed by atoms with Gasteiger partial charge in [0.2, 0.25) is 0 Å². The molecule has 5 aliphatic carbocycles. The molecule has 544 valence electrons. The zero-order chi connectivity index (χ0) is 69.9. The van der Waals surface area contributed by atoms with Crippen LogP contribution >= 0.6 is 0 Å². The summed E-state index contributed by atoms with van der Waals surface area (Å²) in [5.41, 5.74) is -2.23. The van der Waals surface area contributed by atoms with Crippen molar-refractivity contribution in [3.05, 3.63) is 23.3 Å². The Morgan fingerprint density at radius 2 is 1.05 bits per heavy atom. The lowest BCUT2D eigenvalue weighted by atomic mass is 9.33. The van der Waals surface area contributed by atoms with Gasteiger partial charge in [-0.1, -0.05) is 66.2 Å². The molecule has 0 radical (unpaired) electrons. The molecule has 0 unspecified atom stereocenters. The van der Waals surface area contributed by atoms with Gasteiger partial charge in [0.15, 0.2) is 37.6 Å². The largest absolute Gasteiger partial charge is 0.479 e. The van der Waals surface area contributed by atoms with Crippen molar-refractivity contribution >= 4 is 11.9 Å². The van der Waals surface area contributed by atoms with Crippen LogP contribution in [0.4, 0.5) is 0 Å². The fourth-order valence-electron chi connectivity index (χ4n) is 18.8. The van der Waals surface area contributed by atoms with Gasteiger partial charge < -0.3 is 139 Å². The van der Waals surface area contributed by atoms with Crippen LogP contribution in [0.1, 0.15) is 121 Å². The summed E-state index contributed by atoms with van der Waals surface area (Å²) in [4.78, 5) is 26.9. The average Bonchev–Trinajstić information content (AvgIpc) is 0.672. The van der Waals surface area contributed by atoms with Gasteiger partial charge in [-0.05, 0) is 117 Å². The highest BCUT2D eigenvalue weighted by atomic mass is 16.8. The fourth-order valence-corrected chi connectivity index (χ4v) is 18.8. The summed E-state index contributed by atoms with van der Waals surface area (Å²) in [6.07, 6.45) is -43.9. The van der Waals surface area contributed by atoms with E-state index in [2.05, 4.69) is 40.7 Å². The van der Waals surface area contributed by atoms with Crippen LogP contribution in [0, 0.1) is 50.2 Å². The lowest BCUT2D eigenvalue weighted by Crippen LogP contribution is -2.70. The van der Waals surface area contributed by atoms with Crippen molar-refractivity contribution in [3.63, 3.8) is 0 Å². The number of hydrogen-bond acceptors (Lipinski definition) is 29. The number of rotatable bonds is 17. The van der Waals surface area contributed by atoms with Gasteiger partial charge >= 0.3 is 11.9 Å². The lowest BCUT2D eigenvalue weighted by Gasteiger charge is -2.72. The molecule has 4 saturated carbocycles. The smallest absolute Gasteiger partial charge is 0.335 e. The molecule has 0 bridgehead atoms. The van der Waals surface area contributed by atoms with Crippen molar-refractivity contribution < 1.29 is 149 Å². The summed E-state index contributed by atoms with van der Waals surface area (Å²) in [6, 6.07) is 0. The Kier molecular flexibility index (Phi) is 22.1. The number of fused-ring (bicyclic) bond motifs is 7. The van der Waals surface area contributed by atoms with Crippen LogP contribution in [0.2, 0.25) is 0 Å². The van der Waals surface area contributed by atoms with E-state index in [1.165, 1.54) is 6.92 Å². The number of hydrogen-bond donors (Lipinski definition) is 17. The molecule has 9 fully saturated rings. The highest BCUT2D eigenvalue weighted by molar-refractivity contribution is 5.87. The van der Waals surface area contributed by atoms with Crippen LogP contribution in [-0.2, 0) is 61.7 Å². The Bertz CT molecular complexity index is 2750. The van der Waals surface area contributed by atoms with Crippen molar-refractivity contribution in [2.24, 2.45) is 50.2 Å². The number of carbonyl (C=O) groups is 2. The van der Waals surface area contributed by atoms with Gasteiger partial charge in [-0.15, -0.1) is 0 Å². The number of allylic oxidation sites excluding steroid dienone is 3. The Labute approximate surface area is 551 Å². The number of carbonyl (C=O) groups excluding carboxylic acids is 1. The topological polar surface area (TPSA) is 480 Å². The second-order valence-electron chi connectivity index (χ2n) is 30.7. The minimum atomic E-state index is -2.36. The fraction of sp³-hybridized carbons (Fsp3) is 0.908. The summed E-state index contributed by atoms with van der Waals surface area (Å²) < 4.78 is 67.8. The number of aliphatic hydroxyl groups is 16. The Hall–Kier alpha value is -2.62. The number of aliphatic carboxylic acids is 1. The predicted molar refractivity (Wildman–Crippen MR) is 321 cm³/mol. The van der Waals surface area contributed by atoms with Crippen molar-refractivity contribution in [2.45, 2.75) is 292 Å². The molecular formula is C65H104O30. The zero-order valence-corrected chi connectivity index (χ0v) is 55.4. The first-order chi connectivity index (χ1) is 44.5. The highest BCUT2D eigenvalue weighted by Gasteiger charge is 2.72. The van der Waals surface area contributed by atoms with Gasteiger partial charge in [-0.25, -0.2) is 9.59 Å². The molecule has 17 N–H and O–H groups in total. The van der Waals surface area contributed by atoms with Gasteiger partial charge in [0.1, 0.15) is 116 Å². The lowest BCUT2D eigenvalue weighted by molar-refractivity contribution is -0.412. The van der Waals surface area contributed by atoms with E-state index in [4.69, 9.17) is 52.1 Å². The third-order valence-electron chi connectivity index (χ3n) is 24.6. The maximum atomic E-state index is 13.5. The molecule has 10 rings (SSSR count). The molecule has 30 nitrogen and oxygen atoms in total. The molecule has 5 saturated heterocycles. The molecule has 5 heterocycles. The number of esters is 1. The van der Waals surface area contributed by atoms with Gasteiger partial charge in [0.25, 0.3) is 0 Å². The normalized spacial score (nSPS) is 52.2. The average molecular weight is 1370 g/mol. The third kappa shape index (κ3) is 12.7. The van der Waals surface area contributed by atoms with Crippen molar-refractivity contribution in [3.8, 4) is 0 Å². The molecule has 35 atom stereocenters. The summed E-state index contributed by atoms with van der Waals surface area (Å²) in [6.45, 7) is 16.6. The maximum absolute atomic E-state index is 13.5. The number of carboxylic acids is 1. The second kappa shape index (κ2) is 28.0. The van der Waals surface area contributed by atoms with Crippen LogP contribution in [0.15, 0.2) is 23.3 Å². The monoisotopic (exact) mass is 1360 g/mol. The maximum Gasteiger partial charge on any atom is 0.335 e. The quantitative estimate of drug-likeness (QED) is 0.0296. The number of carboxylic acid groups (broad SMARTS) is 1. The van der Waals surface area contributed by atoms with Gasteiger partial charge in [0, 0.05) is 5.57 Å². The van der Waals surface area contributed by atoms with Crippen LogP contribution in [0.3, 0.4) is 0 Å². The van der Waals surface area contributed by atoms with Crippen LogP contribution in [-0.4, -0.2) is 297 Å². The SMILES string of the molecule is C/C=C(/C)C(=O)O[C@H]1CC(C)(C)C[C@H]2C3=CC[C@@H]4[C@@]5(C)CC[C@H](O[C@@H]6O[C@H](C(=O)O)[C@@H](O)[C@H](O[C@@H]7O[C@H](CO)[C@H](O)[C@H](O)[C@H]7O[C@@H]7O[C@@H](C)[C@H](O)[C@@H](O)[C@H]7O[C@@H]7O[C@H](CO)[C@@H](O)[C@H](O)[C@H]7O)[C@H]6O[C@@H]6O[C@H](CO)[C@@H](O)[C@H](O)[C@H]6O)C(C)(C)[C@@H]5CC[C@@]4(C)[C@]3(C)C[C@@H](O)[C@@]12CO. The molecule has 0 aromatic heterocycles. The van der Waals surface area contributed by atoms with E-state index in [-0.39, 0.29) is 23.2 Å². The summed E-state index contributed by atoms with van der Waals surface area (Å²) in [7, 11) is 0. The van der Waals surface area contributed by atoms with E-state index in [9.17, 15) is 96.4 Å². The molecule has 10 aliphatic rings. The third-order valence-corrected chi connectivity index (χ3v) is 24.6. The van der Waals surface area contributed by atoms with Crippen molar-refractivity contribution in [2.75, 3.05) is 26.4 Å². The Morgan fingerprint density at radius 3 is 1.60 bits per heavy atom. The van der Waals surface area contributed by atoms with E-state index < -0.39 is 237 Å². The molecule has 0 aromatic carbocycles. The first-order valence-electron chi connectivity index (χ1n) is 33.4. The molecule has 0 aromatic rings. The van der Waals surface area contributed by atoms with Crippen LogP contribution in [0.5, 0.6) is 0 Å². The van der Waals surface area contributed by atoms with Gasteiger partial charge in [0.05, 0.1) is 50.2 Å². The van der Waals surface area contributed by atoms with E-state index in [1.807, 2.05) is 13.8 Å². The molecule has 30 heteroatoms. The Balaban J connectivity index is 0.976. The second-order valence-corrected chi connectivity index (χ2v) is 30.7. The molecule has 0 spiro atoms. The van der Waals surface area contributed by atoms with Crippen molar-refractivity contribution in [1.82, 2.24) is 0 Å². The Morgan fingerprint density at radius 1 is 0.547 bits per heavy atom. The zero-order valence-electron chi connectivity index (χ0n) is 55.4. The van der Waals surface area contributed by atoms with Crippen molar-refractivity contribution in [1.29, 1.82) is 0 Å². The highest BCUT2D eigenvalue weighted by Crippen LogP contribution is 2.76. The minimum absolute atomic E-state index is 0.00373. The van der Waals surface area contributed by atoms with Crippen LogP contribution < -0.4 is 0 Å². The standard InChI is InChI=1S/C65H104O30/c1-11-25(2)54(84)89-36-20-60(4,5)18-28-27-12-13-33-62(8)16-15-35(61(6,7)32(62)14-17-63(33,9)64(27,10)19-34(70)65(28,36)24-69)90-59-52(95-56-46(80)42(76)39(73)30(22-67)87-56)48(47(81)49(92-59)53(82)83)91-58-51(44(78)40(74)31(23-68)88-58)94-57-50(43(77)37(71)26(3)85-57)93-55-45(79)41(75)38(72)29(21-66)86-55/h11-12,26,28-52,55-59,66-81H,13-24H2,1-10H3,(H,82,83)/b25-11-/t26-,28-,29+,30+,31+,32-,33+,34+,35-,36-,37-,38+,39+,40-,41-,42-,43+,44-,45+,46+,47-,48-,49-,50+,51+,52+,55-,56-,57-,58-,59+,62-,63+,64+,65-/m0/s1. The summed E-state index contributed by atoms with van der Waals surface area (Å²) in [5, 5.41) is 190. The number of aliphatic hydroxyl groups excluding tert-OH is 16. The first kappa shape index (κ1) is 75.1. The molecule has 5 aliphatic heterocycles. The molecule has 0 amide bonds. The minimum Gasteiger partial charge on any atom is -0.479 e. The summed E-state index contributed by atoms with van der Waals surface area (Å²) in [5.74, 6) is -2.73. The van der Waals surface area contributed by atoms with Crippen LogP contribution in [0.25, 0.3) is 0 Å². The van der Waals surface area contributed by atoms with Gasteiger partial charge in [-0.2, -0.15) is 0 Å². The van der Waals surface area contributed by atoms with E-state index >= 15 is 0 Å². The van der Waals surface area contributed by atoms with E-state index in [0.29, 0.717) is 56.9 Å². The molecular weight excluding hydrogens is 1260 g/mol. The number of ether oxygens (including phenoxy) is 11. The first-order valence-corrected chi connectivity index (χ1v) is 33.4. The van der Waals surface area contributed by atoms with E-state index in [1.54, 1.807) is 19.9 Å².